The van der Waals surface area contributed by atoms with Crippen molar-refractivity contribution in [1.29, 1.82) is 0 Å². The number of rotatable bonds is 4. The van der Waals surface area contributed by atoms with Crippen LogP contribution in [-0.4, -0.2) is 10.7 Å². The first-order valence-corrected chi connectivity index (χ1v) is 7.92. The lowest BCUT2D eigenvalue weighted by atomic mass is 9.65. The highest BCUT2D eigenvalue weighted by Gasteiger charge is 2.38. The van der Waals surface area contributed by atoms with Crippen LogP contribution >= 0.6 is 0 Å². The number of halogens is 2. The Labute approximate surface area is 126 Å². The van der Waals surface area contributed by atoms with E-state index in [-0.39, 0.29) is 0 Å². The molecule has 1 nitrogen and oxygen atoms in total. The molecule has 1 aliphatic carbocycles. The van der Waals surface area contributed by atoms with Crippen molar-refractivity contribution in [2.45, 2.75) is 64.9 Å². The van der Waals surface area contributed by atoms with Gasteiger partial charge in [-0.25, -0.2) is 8.78 Å². The summed E-state index contributed by atoms with van der Waals surface area (Å²) in [4.78, 5) is 0. The average Bonchev–Trinajstić information content (AvgIpc) is 2.43. The van der Waals surface area contributed by atoms with Gasteiger partial charge in [0, 0.05) is 6.42 Å². The first-order chi connectivity index (χ1) is 9.76. The summed E-state index contributed by atoms with van der Waals surface area (Å²) in [5.41, 5.74) is 0.207. The third-order valence-corrected chi connectivity index (χ3v) is 5.45. The summed E-state index contributed by atoms with van der Waals surface area (Å²) in [5.74, 6) is -1.04. The average molecular weight is 296 g/mol. The van der Waals surface area contributed by atoms with Crippen molar-refractivity contribution in [3.8, 4) is 0 Å². The Morgan fingerprint density at radius 2 is 1.81 bits per heavy atom. The predicted molar refractivity (Wildman–Crippen MR) is 81.0 cm³/mol. The van der Waals surface area contributed by atoms with Crippen LogP contribution in [0.4, 0.5) is 8.78 Å². The fraction of sp³-hybridized carbons (Fsp3) is 0.667. The van der Waals surface area contributed by atoms with Gasteiger partial charge in [-0.15, -0.1) is 0 Å². The lowest BCUT2D eigenvalue weighted by molar-refractivity contribution is -0.0276. The molecule has 1 aliphatic rings. The molecule has 0 aliphatic heterocycles. The van der Waals surface area contributed by atoms with Crippen LogP contribution in [0.15, 0.2) is 18.2 Å². The van der Waals surface area contributed by atoms with Crippen molar-refractivity contribution < 1.29 is 13.9 Å². The fourth-order valence-corrected chi connectivity index (χ4v) is 3.43. The molecule has 0 heterocycles. The number of hydrogen-bond acceptors (Lipinski definition) is 1. The molecule has 0 radical (unpaired) electrons. The SMILES string of the molecule is CCC(C)(C)C1CCC(O)(Cc2ccc(F)c(F)c2)CC1. The number of hydrogen-bond donors (Lipinski definition) is 1. The van der Waals surface area contributed by atoms with Gasteiger partial charge in [-0.05, 0) is 54.7 Å². The maximum atomic E-state index is 13.3. The molecule has 0 bridgehead atoms. The van der Waals surface area contributed by atoms with Crippen molar-refractivity contribution in [3.63, 3.8) is 0 Å². The van der Waals surface area contributed by atoms with Gasteiger partial charge in [0.15, 0.2) is 11.6 Å². The minimum Gasteiger partial charge on any atom is -0.390 e. The fourth-order valence-electron chi connectivity index (χ4n) is 3.43. The summed E-state index contributed by atoms with van der Waals surface area (Å²) in [7, 11) is 0. The first-order valence-electron chi connectivity index (χ1n) is 7.92. The maximum absolute atomic E-state index is 13.3. The molecule has 0 spiro atoms. The molecular weight excluding hydrogens is 270 g/mol. The molecule has 118 valence electrons. The van der Waals surface area contributed by atoms with Crippen molar-refractivity contribution in [2.24, 2.45) is 11.3 Å². The molecule has 1 saturated carbocycles. The predicted octanol–water partition coefficient (Wildman–Crippen LogP) is 4.86. The molecule has 1 fully saturated rings. The molecular formula is C18H26F2O. The van der Waals surface area contributed by atoms with Crippen LogP contribution in [-0.2, 0) is 6.42 Å². The number of aliphatic hydroxyl groups is 1. The molecule has 1 N–H and O–H groups in total. The van der Waals surface area contributed by atoms with Crippen molar-refractivity contribution in [3.05, 3.63) is 35.4 Å². The van der Waals surface area contributed by atoms with Gasteiger partial charge in [-0.1, -0.05) is 33.3 Å². The largest absolute Gasteiger partial charge is 0.390 e. The molecule has 0 aromatic heterocycles. The Kier molecular flexibility index (Phi) is 4.72. The van der Waals surface area contributed by atoms with Gasteiger partial charge < -0.3 is 5.11 Å². The highest BCUT2D eigenvalue weighted by molar-refractivity contribution is 5.20. The highest BCUT2D eigenvalue weighted by atomic mass is 19.2. The summed E-state index contributed by atoms with van der Waals surface area (Å²) in [6.07, 6.45) is 5.02. The molecule has 0 atom stereocenters. The van der Waals surface area contributed by atoms with Gasteiger partial charge in [0.25, 0.3) is 0 Å². The van der Waals surface area contributed by atoms with Crippen LogP contribution in [0, 0.1) is 23.0 Å². The Morgan fingerprint density at radius 3 is 2.33 bits per heavy atom. The van der Waals surface area contributed by atoms with E-state index < -0.39 is 17.2 Å². The van der Waals surface area contributed by atoms with Gasteiger partial charge >= 0.3 is 0 Å². The van der Waals surface area contributed by atoms with Crippen molar-refractivity contribution in [2.75, 3.05) is 0 Å². The van der Waals surface area contributed by atoms with Crippen LogP contribution in [0.1, 0.15) is 58.4 Å². The van der Waals surface area contributed by atoms with E-state index in [1.165, 1.54) is 6.07 Å². The molecule has 0 amide bonds. The Bertz CT molecular complexity index is 488. The Hall–Kier alpha value is -0.960. The summed E-state index contributed by atoms with van der Waals surface area (Å²) in [6.45, 7) is 6.79. The van der Waals surface area contributed by atoms with E-state index >= 15 is 0 Å². The van der Waals surface area contributed by atoms with E-state index in [1.807, 2.05) is 0 Å². The second-order valence-corrected chi connectivity index (χ2v) is 7.27. The molecule has 0 saturated heterocycles. The first kappa shape index (κ1) is 16.4. The Morgan fingerprint density at radius 1 is 1.19 bits per heavy atom. The van der Waals surface area contributed by atoms with Crippen molar-refractivity contribution in [1.82, 2.24) is 0 Å². The van der Waals surface area contributed by atoms with E-state index in [0.29, 0.717) is 23.3 Å². The lowest BCUT2D eigenvalue weighted by Crippen LogP contribution is -2.39. The molecule has 2 rings (SSSR count). The van der Waals surface area contributed by atoms with Gasteiger partial charge in [-0.3, -0.25) is 0 Å². The van der Waals surface area contributed by atoms with Gasteiger partial charge in [-0.2, -0.15) is 0 Å². The minimum absolute atomic E-state index is 0.309. The zero-order valence-electron chi connectivity index (χ0n) is 13.3. The van der Waals surface area contributed by atoms with Gasteiger partial charge in [0.05, 0.1) is 5.60 Å². The van der Waals surface area contributed by atoms with Crippen molar-refractivity contribution >= 4 is 0 Å². The second kappa shape index (κ2) is 6.04. The van der Waals surface area contributed by atoms with Crippen LogP contribution in [0.3, 0.4) is 0 Å². The van der Waals surface area contributed by atoms with E-state index in [9.17, 15) is 13.9 Å². The standard InChI is InChI=1S/C18H26F2O/c1-4-17(2,3)14-7-9-18(21,10-8-14)12-13-5-6-15(19)16(20)11-13/h5-6,11,14,21H,4,7-10,12H2,1-3H3. The van der Waals surface area contributed by atoms with E-state index in [4.69, 9.17) is 0 Å². The molecule has 0 unspecified atom stereocenters. The molecule has 1 aromatic rings. The second-order valence-electron chi connectivity index (χ2n) is 7.27. The summed E-state index contributed by atoms with van der Waals surface area (Å²) >= 11 is 0. The highest BCUT2D eigenvalue weighted by Crippen LogP contribution is 2.44. The normalized spacial score (nSPS) is 26.9. The van der Waals surface area contributed by atoms with Gasteiger partial charge in [0.1, 0.15) is 0 Å². The minimum atomic E-state index is -0.836. The quantitative estimate of drug-likeness (QED) is 0.841. The maximum Gasteiger partial charge on any atom is 0.159 e. The van der Waals surface area contributed by atoms with E-state index in [1.54, 1.807) is 6.07 Å². The third kappa shape index (κ3) is 3.82. The zero-order valence-corrected chi connectivity index (χ0v) is 13.3. The topological polar surface area (TPSA) is 20.2 Å². The molecule has 21 heavy (non-hydrogen) atoms. The Balaban J connectivity index is 2.00. The van der Waals surface area contributed by atoms with Gasteiger partial charge in [0.2, 0.25) is 0 Å². The summed E-state index contributed by atoms with van der Waals surface area (Å²) in [5, 5.41) is 10.7. The smallest absolute Gasteiger partial charge is 0.159 e. The van der Waals surface area contributed by atoms with Crippen LogP contribution in [0.25, 0.3) is 0 Å². The molecule has 3 heteroatoms. The van der Waals surface area contributed by atoms with E-state index in [0.717, 1.165) is 38.2 Å². The summed E-state index contributed by atoms with van der Waals surface area (Å²) in [6, 6.07) is 3.91. The third-order valence-electron chi connectivity index (χ3n) is 5.45. The van der Waals surface area contributed by atoms with Crippen LogP contribution in [0.5, 0.6) is 0 Å². The van der Waals surface area contributed by atoms with E-state index in [2.05, 4.69) is 20.8 Å². The van der Waals surface area contributed by atoms with Crippen LogP contribution in [0.2, 0.25) is 0 Å². The number of benzene rings is 1. The monoisotopic (exact) mass is 296 g/mol. The van der Waals surface area contributed by atoms with Crippen LogP contribution < -0.4 is 0 Å². The molecule has 1 aromatic carbocycles. The lowest BCUT2D eigenvalue weighted by Gasteiger charge is -2.42. The zero-order chi connectivity index (χ0) is 15.7. The summed E-state index contributed by atoms with van der Waals surface area (Å²) < 4.78 is 26.2.